The molecule has 0 aliphatic carbocycles. The van der Waals surface area contributed by atoms with Crippen molar-refractivity contribution in [3.8, 4) is 17.1 Å². The largest absolute Gasteiger partial charge is 0.497 e. The maximum Gasteiger partial charge on any atom is 0.230 e. The summed E-state index contributed by atoms with van der Waals surface area (Å²) in [5.74, 6) is 1.26. The highest BCUT2D eigenvalue weighted by Crippen LogP contribution is 2.30. The first kappa shape index (κ1) is 18.8. The Morgan fingerprint density at radius 3 is 2.76 bits per heavy atom. The minimum atomic E-state index is -0.0851. The van der Waals surface area contributed by atoms with Crippen molar-refractivity contribution in [1.82, 2.24) is 14.8 Å². The molecule has 148 valence electrons. The molecule has 1 amide bonds. The molecule has 4 rings (SSSR count). The first-order valence-corrected chi connectivity index (χ1v) is 9.66. The summed E-state index contributed by atoms with van der Waals surface area (Å²) in [6.45, 7) is 4.93. The highest BCUT2D eigenvalue weighted by Gasteiger charge is 2.14. The number of anilines is 1. The summed E-state index contributed by atoms with van der Waals surface area (Å²) in [5.41, 5.74) is 5.12. The molecule has 0 spiro atoms. The van der Waals surface area contributed by atoms with Crippen LogP contribution in [0.4, 0.5) is 5.82 Å². The van der Waals surface area contributed by atoms with Gasteiger partial charge in [-0.2, -0.15) is 5.10 Å². The van der Waals surface area contributed by atoms with Crippen LogP contribution in [0.3, 0.4) is 0 Å². The summed E-state index contributed by atoms with van der Waals surface area (Å²) >= 11 is 0. The lowest BCUT2D eigenvalue weighted by Crippen LogP contribution is -2.15. The van der Waals surface area contributed by atoms with Gasteiger partial charge in [-0.1, -0.05) is 24.3 Å². The number of aryl methyl sites for hydroxylation is 2. The number of aromatic amines is 1. The van der Waals surface area contributed by atoms with Crippen LogP contribution in [0.2, 0.25) is 0 Å². The van der Waals surface area contributed by atoms with Gasteiger partial charge in [0, 0.05) is 23.5 Å². The molecular weight excluding hydrogens is 364 g/mol. The normalized spacial score (nSPS) is 11.0. The monoisotopic (exact) mass is 388 g/mol. The summed E-state index contributed by atoms with van der Waals surface area (Å²) in [7, 11) is 1.67. The summed E-state index contributed by atoms with van der Waals surface area (Å²) in [4.78, 5) is 12.4. The van der Waals surface area contributed by atoms with Crippen molar-refractivity contribution in [2.75, 3.05) is 12.4 Å². The number of methoxy groups -OCH3 is 1. The predicted octanol–water partition coefficient (Wildman–Crippen LogP) is 4.55. The fraction of sp³-hybridized carbons (Fsp3) is 0.217. The fourth-order valence-electron chi connectivity index (χ4n) is 3.63. The summed E-state index contributed by atoms with van der Waals surface area (Å²) in [6, 6.07) is 17.9. The van der Waals surface area contributed by atoms with Crippen LogP contribution in [-0.2, 0) is 17.8 Å². The van der Waals surface area contributed by atoms with E-state index in [4.69, 9.17) is 4.74 Å². The van der Waals surface area contributed by atoms with E-state index in [-0.39, 0.29) is 5.91 Å². The lowest BCUT2D eigenvalue weighted by atomic mass is 10.1. The topological polar surface area (TPSA) is 71.9 Å². The van der Waals surface area contributed by atoms with Crippen LogP contribution in [0.25, 0.3) is 22.3 Å². The van der Waals surface area contributed by atoms with Gasteiger partial charge in [-0.05, 0) is 49.2 Å². The fourth-order valence-corrected chi connectivity index (χ4v) is 3.63. The third-order valence-electron chi connectivity index (χ3n) is 5.16. The van der Waals surface area contributed by atoms with Crippen molar-refractivity contribution in [3.05, 3.63) is 65.7 Å². The van der Waals surface area contributed by atoms with Crippen LogP contribution in [-0.4, -0.2) is 27.8 Å². The zero-order chi connectivity index (χ0) is 20.4. The molecule has 6 heteroatoms. The molecular formula is C23H24N4O2. The Bertz CT molecular complexity index is 1170. The Labute approximate surface area is 169 Å². The standard InChI is InChI=1S/C23H24N4O2/c1-4-27-20-10-9-18(29-3)11-17(20)12-21(27)19-14-22(26-25-19)24-23(28)13-16-8-6-5-7-15(16)2/h5-12,14H,4,13H2,1-3H3,(H2,24,25,26,28). The van der Waals surface area contributed by atoms with E-state index < -0.39 is 0 Å². The van der Waals surface area contributed by atoms with Crippen LogP contribution in [0.5, 0.6) is 5.75 Å². The minimum absolute atomic E-state index is 0.0851. The number of H-pyrrole nitrogens is 1. The first-order valence-electron chi connectivity index (χ1n) is 9.66. The SMILES string of the molecule is CCn1c(-c2cc(NC(=O)Cc3ccccc3C)n[nH]2)cc2cc(OC)ccc21. The quantitative estimate of drug-likeness (QED) is 0.509. The number of nitrogens with zero attached hydrogens (tertiary/aromatic N) is 2. The highest BCUT2D eigenvalue weighted by molar-refractivity contribution is 5.92. The molecule has 2 N–H and O–H groups in total. The average molecular weight is 388 g/mol. The van der Waals surface area contributed by atoms with Crippen LogP contribution < -0.4 is 10.1 Å². The van der Waals surface area contributed by atoms with Gasteiger partial charge >= 0.3 is 0 Å². The Morgan fingerprint density at radius 2 is 2.00 bits per heavy atom. The van der Waals surface area contributed by atoms with E-state index in [9.17, 15) is 4.79 Å². The molecule has 0 saturated carbocycles. The summed E-state index contributed by atoms with van der Waals surface area (Å²) in [6.07, 6.45) is 0.323. The van der Waals surface area contributed by atoms with Crippen LogP contribution >= 0.6 is 0 Å². The van der Waals surface area contributed by atoms with Gasteiger partial charge in [0.05, 0.1) is 24.9 Å². The van der Waals surface area contributed by atoms with Crippen molar-refractivity contribution in [2.24, 2.45) is 0 Å². The molecule has 0 fully saturated rings. The predicted molar refractivity (Wildman–Crippen MR) is 115 cm³/mol. The number of carbonyl (C=O) groups excluding carboxylic acids is 1. The second kappa shape index (κ2) is 7.83. The third kappa shape index (κ3) is 3.74. The Hall–Kier alpha value is -3.54. The van der Waals surface area contributed by atoms with Crippen molar-refractivity contribution in [1.29, 1.82) is 0 Å². The summed E-state index contributed by atoms with van der Waals surface area (Å²) in [5, 5.41) is 11.3. The molecule has 0 atom stereocenters. The average Bonchev–Trinajstić information content (AvgIpc) is 3.32. The maximum atomic E-state index is 12.4. The van der Waals surface area contributed by atoms with Crippen molar-refractivity contribution in [3.63, 3.8) is 0 Å². The molecule has 0 unspecified atom stereocenters. The smallest absolute Gasteiger partial charge is 0.230 e. The van der Waals surface area contributed by atoms with Gasteiger partial charge in [-0.3, -0.25) is 9.89 Å². The molecule has 6 nitrogen and oxygen atoms in total. The van der Waals surface area contributed by atoms with Crippen LogP contribution in [0.1, 0.15) is 18.1 Å². The molecule has 0 saturated heterocycles. The molecule has 2 heterocycles. The third-order valence-corrected chi connectivity index (χ3v) is 5.16. The van der Waals surface area contributed by atoms with E-state index in [0.717, 1.165) is 45.7 Å². The van der Waals surface area contributed by atoms with Gasteiger partial charge < -0.3 is 14.6 Å². The lowest BCUT2D eigenvalue weighted by Gasteiger charge is -2.06. The van der Waals surface area contributed by atoms with E-state index >= 15 is 0 Å². The number of ether oxygens (including phenoxy) is 1. The van der Waals surface area contributed by atoms with Crippen LogP contribution in [0, 0.1) is 6.92 Å². The van der Waals surface area contributed by atoms with Gasteiger partial charge in [0.2, 0.25) is 5.91 Å². The lowest BCUT2D eigenvalue weighted by molar-refractivity contribution is -0.115. The number of fused-ring (bicyclic) bond motifs is 1. The van der Waals surface area contributed by atoms with Gasteiger partial charge in [-0.15, -0.1) is 0 Å². The Kier molecular flexibility index (Phi) is 5.08. The zero-order valence-corrected chi connectivity index (χ0v) is 16.8. The van der Waals surface area contributed by atoms with E-state index in [1.165, 1.54) is 0 Å². The zero-order valence-electron chi connectivity index (χ0n) is 16.8. The Balaban J connectivity index is 1.57. The molecule has 0 aliphatic heterocycles. The highest BCUT2D eigenvalue weighted by atomic mass is 16.5. The molecule has 29 heavy (non-hydrogen) atoms. The number of hydrogen-bond donors (Lipinski definition) is 2. The van der Waals surface area contributed by atoms with Crippen molar-refractivity contribution in [2.45, 2.75) is 26.8 Å². The second-order valence-electron chi connectivity index (χ2n) is 7.02. The van der Waals surface area contributed by atoms with Gasteiger partial charge in [0.25, 0.3) is 0 Å². The van der Waals surface area contributed by atoms with Crippen molar-refractivity contribution >= 4 is 22.6 Å². The molecule has 0 radical (unpaired) electrons. The van der Waals surface area contributed by atoms with E-state index in [2.05, 4.69) is 39.1 Å². The van der Waals surface area contributed by atoms with E-state index in [0.29, 0.717) is 12.2 Å². The maximum absolute atomic E-state index is 12.4. The number of aromatic nitrogens is 3. The second-order valence-corrected chi connectivity index (χ2v) is 7.02. The number of rotatable bonds is 6. The molecule has 2 aromatic carbocycles. The summed E-state index contributed by atoms with van der Waals surface area (Å²) < 4.78 is 7.55. The number of carbonyl (C=O) groups is 1. The van der Waals surface area contributed by atoms with Gasteiger partial charge in [0.15, 0.2) is 5.82 Å². The first-order chi connectivity index (χ1) is 14.1. The minimum Gasteiger partial charge on any atom is -0.497 e. The van der Waals surface area contributed by atoms with E-state index in [1.807, 2.05) is 49.4 Å². The van der Waals surface area contributed by atoms with E-state index in [1.54, 1.807) is 7.11 Å². The molecule has 0 aliphatic rings. The number of amides is 1. The number of hydrogen-bond acceptors (Lipinski definition) is 3. The Morgan fingerprint density at radius 1 is 1.17 bits per heavy atom. The van der Waals surface area contributed by atoms with Crippen molar-refractivity contribution < 1.29 is 9.53 Å². The number of benzene rings is 2. The van der Waals surface area contributed by atoms with Crippen LogP contribution in [0.15, 0.2) is 54.6 Å². The molecule has 0 bridgehead atoms. The molecule has 2 aromatic heterocycles. The van der Waals surface area contributed by atoms with Gasteiger partial charge in [-0.25, -0.2) is 0 Å². The number of nitrogens with one attached hydrogen (secondary N) is 2. The molecule has 4 aromatic rings. The van der Waals surface area contributed by atoms with Gasteiger partial charge in [0.1, 0.15) is 5.75 Å².